The second-order valence-electron chi connectivity index (χ2n) is 3.82. The highest BCUT2D eigenvalue weighted by Gasteiger charge is 2.11. The Morgan fingerprint density at radius 2 is 1.94 bits per heavy atom. The Hall–Kier alpha value is -1.10. The number of nitrogens with one attached hydrogen (secondary N) is 1. The molecule has 1 aromatic heterocycles. The fourth-order valence-corrected chi connectivity index (χ4v) is 1.11. The fraction of sp³-hybridized carbons (Fsp3) is 0.700. The third-order valence-electron chi connectivity index (χ3n) is 2.22. The van der Waals surface area contributed by atoms with Gasteiger partial charge in [0.15, 0.2) is 0 Å². The molecule has 1 aromatic rings. The zero-order chi connectivity index (χ0) is 12.1. The van der Waals surface area contributed by atoms with Gasteiger partial charge in [0.2, 0.25) is 11.2 Å². The van der Waals surface area contributed by atoms with E-state index in [0.29, 0.717) is 18.5 Å². The number of aromatic nitrogens is 3. The molecule has 5 nitrogen and oxygen atoms in total. The van der Waals surface area contributed by atoms with Crippen molar-refractivity contribution in [2.45, 2.75) is 33.7 Å². The molecule has 1 N–H and O–H groups in total. The molecule has 1 heterocycles. The number of nitrogens with zero attached hydrogens (tertiary/aromatic N) is 3. The van der Waals surface area contributed by atoms with Crippen LogP contribution in [0.5, 0.6) is 6.01 Å². The molecule has 0 fully saturated rings. The van der Waals surface area contributed by atoms with Gasteiger partial charge in [-0.2, -0.15) is 15.0 Å². The van der Waals surface area contributed by atoms with Crippen LogP contribution < -0.4 is 10.1 Å². The highest BCUT2D eigenvalue weighted by Crippen LogP contribution is 2.13. The molecule has 1 rings (SSSR count). The number of rotatable bonds is 5. The van der Waals surface area contributed by atoms with Crippen LogP contribution >= 0.6 is 11.6 Å². The largest absolute Gasteiger partial charge is 0.464 e. The summed E-state index contributed by atoms with van der Waals surface area (Å²) in [6.07, 6.45) is 0. The monoisotopic (exact) mass is 244 g/mol. The number of hydrogen-bond donors (Lipinski definition) is 1. The van der Waals surface area contributed by atoms with E-state index in [4.69, 9.17) is 16.3 Å². The molecule has 0 saturated carbocycles. The fourth-order valence-electron chi connectivity index (χ4n) is 0.960. The first kappa shape index (κ1) is 13.0. The lowest BCUT2D eigenvalue weighted by molar-refractivity contribution is 0.311. The molecule has 0 saturated heterocycles. The Balaban J connectivity index is 2.79. The smallest absolute Gasteiger partial charge is 0.322 e. The highest BCUT2D eigenvalue weighted by molar-refractivity contribution is 6.28. The van der Waals surface area contributed by atoms with Crippen molar-refractivity contribution in [2.75, 3.05) is 11.9 Å². The van der Waals surface area contributed by atoms with Gasteiger partial charge in [-0.1, -0.05) is 13.8 Å². The lowest BCUT2D eigenvalue weighted by atomic mass is 10.1. The average molecular weight is 245 g/mol. The summed E-state index contributed by atoms with van der Waals surface area (Å²) in [5.41, 5.74) is 0. The molecule has 1 atom stereocenters. The maximum Gasteiger partial charge on any atom is 0.322 e. The van der Waals surface area contributed by atoms with E-state index in [1.807, 2.05) is 6.92 Å². The van der Waals surface area contributed by atoms with Gasteiger partial charge < -0.3 is 10.1 Å². The van der Waals surface area contributed by atoms with Gasteiger partial charge in [-0.25, -0.2) is 0 Å². The zero-order valence-corrected chi connectivity index (χ0v) is 10.7. The predicted octanol–water partition coefficient (Wildman–Crippen LogP) is 2.38. The van der Waals surface area contributed by atoms with Crippen molar-refractivity contribution >= 4 is 17.5 Å². The van der Waals surface area contributed by atoms with Crippen LogP contribution in [0.3, 0.4) is 0 Å². The van der Waals surface area contributed by atoms with Crippen LogP contribution in [0.25, 0.3) is 0 Å². The topological polar surface area (TPSA) is 59.9 Å². The van der Waals surface area contributed by atoms with E-state index in [9.17, 15) is 0 Å². The first-order valence-electron chi connectivity index (χ1n) is 5.33. The van der Waals surface area contributed by atoms with Crippen molar-refractivity contribution < 1.29 is 4.74 Å². The first-order chi connectivity index (χ1) is 7.52. The van der Waals surface area contributed by atoms with Crippen molar-refractivity contribution in [2.24, 2.45) is 5.92 Å². The molecule has 0 aliphatic heterocycles. The number of hydrogen-bond acceptors (Lipinski definition) is 5. The molecular weight excluding hydrogens is 228 g/mol. The minimum atomic E-state index is 0.136. The van der Waals surface area contributed by atoms with Crippen LogP contribution in [0.1, 0.15) is 27.7 Å². The summed E-state index contributed by atoms with van der Waals surface area (Å²) in [5.74, 6) is 0.927. The summed E-state index contributed by atoms with van der Waals surface area (Å²) in [7, 11) is 0. The minimum Gasteiger partial charge on any atom is -0.464 e. The predicted molar refractivity (Wildman–Crippen MR) is 63.9 cm³/mol. The van der Waals surface area contributed by atoms with Gasteiger partial charge in [0.05, 0.1) is 6.61 Å². The summed E-state index contributed by atoms with van der Waals surface area (Å²) in [4.78, 5) is 12.0. The van der Waals surface area contributed by atoms with E-state index < -0.39 is 0 Å². The van der Waals surface area contributed by atoms with Gasteiger partial charge >= 0.3 is 6.01 Å². The van der Waals surface area contributed by atoms with Crippen molar-refractivity contribution in [3.8, 4) is 6.01 Å². The lowest BCUT2D eigenvalue weighted by Gasteiger charge is -2.17. The Labute approximate surface area is 101 Å². The van der Waals surface area contributed by atoms with Gasteiger partial charge in [-0.15, -0.1) is 0 Å². The summed E-state index contributed by atoms with van der Waals surface area (Å²) >= 11 is 5.77. The third kappa shape index (κ3) is 3.81. The Kier molecular flexibility index (Phi) is 4.73. The summed E-state index contributed by atoms with van der Waals surface area (Å²) < 4.78 is 5.18. The quantitative estimate of drug-likeness (QED) is 0.862. The van der Waals surface area contributed by atoms with Crippen LogP contribution in [0.2, 0.25) is 5.28 Å². The van der Waals surface area contributed by atoms with Crippen molar-refractivity contribution in [3.05, 3.63) is 5.28 Å². The Morgan fingerprint density at radius 3 is 2.50 bits per heavy atom. The minimum absolute atomic E-state index is 0.136. The average Bonchev–Trinajstić information content (AvgIpc) is 2.16. The van der Waals surface area contributed by atoms with E-state index in [-0.39, 0.29) is 17.3 Å². The molecule has 0 spiro atoms. The molecule has 0 amide bonds. The Morgan fingerprint density at radius 1 is 1.25 bits per heavy atom. The normalized spacial score (nSPS) is 12.6. The number of halogens is 1. The molecular formula is C10H17ClN4O. The van der Waals surface area contributed by atoms with Gasteiger partial charge in [0.1, 0.15) is 0 Å². The van der Waals surface area contributed by atoms with Crippen molar-refractivity contribution in [1.29, 1.82) is 0 Å². The molecule has 6 heteroatoms. The van der Waals surface area contributed by atoms with E-state index in [1.165, 1.54) is 0 Å². The van der Waals surface area contributed by atoms with E-state index in [2.05, 4.69) is 41.0 Å². The lowest BCUT2D eigenvalue weighted by Crippen LogP contribution is -2.23. The molecule has 90 valence electrons. The summed E-state index contributed by atoms with van der Waals surface area (Å²) in [5, 5.41) is 3.29. The third-order valence-corrected chi connectivity index (χ3v) is 2.39. The maximum atomic E-state index is 5.77. The second-order valence-corrected chi connectivity index (χ2v) is 4.16. The second kappa shape index (κ2) is 5.84. The van der Waals surface area contributed by atoms with Gasteiger partial charge in [-0.3, -0.25) is 0 Å². The SMILES string of the molecule is CCOc1nc(Cl)nc(NC(C)C(C)C)n1. The van der Waals surface area contributed by atoms with Crippen LogP contribution in [-0.4, -0.2) is 27.6 Å². The first-order valence-corrected chi connectivity index (χ1v) is 5.71. The van der Waals surface area contributed by atoms with Crippen molar-refractivity contribution in [1.82, 2.24) is 15.0 Å². The Bertz CT molecular complexity index is 346. The van der Waals surface area contributed by atoms with E-state index in [0.717, 1.165) is 0 Å². The van der Waals surface area contributed by atoms with Crippen LogP contribution in [0.4, 0.5) is 5.95 Å². The van der Waals surface area contributed by atoms with Gasteiger partial charge in [-0.05, 0) is 31.4 Å². The van der Waals surface area contributed by atoms with Crippen molar-refractivity contribution in [3.63, 3.8) is 0 Å². The highest BCUT2D eigenvalue weighted by atomic mass is 35.5. The molecule has 16 heavy (non-hydrogen) atoms. The van der Waals surface area contributed by atoms with Gasteiger partial charge in [0.25, 0.3) is 0 Å². The number of ether oxygens (including phenoxy) is 1. The van der Waals surface area contributed by atoms with E-state index >= 15 is 0 Å². The zero-order valence-electron chi connectivity index (χ0n) is 9.99. The van der Waals surface area contributed by atoms with Gasteiger partial charge in [0, 0.05) is 6.04 Å². The van der Waals surface area contributed by atoms with Crippen LogP contribution in [-0.2, 0) is 0 Å². The van der Waals surface area contributed by atoms with Crippen LogP contribution in [0.15, 0.2) is 0 Å². The maximum absolute atomic E-state index is 5.77. The summed E-state index contributed by atoms with van der Waals surface area (Å²) in [6, 6.07) is 0.508. The van der Waals surface area contributed by atoms with E-state index in [1.54, 1.807) is 0 Å². The molecule has 0 bridgehead atoms. The van der Waals surface area contributed by atoms with Crippen LogP contribution in [0, 0.1) is 5.92 Å². The molecule has 0 aliphatic carbocycles. The summed E-state index contributed by atoms with van der Waals surface area (Å²) in [6.45, 7) is 8.65. The molecule has 0 aromatic carbocycles. The molecule has 0 radical (unpaired) electrons. The molecule has 0 aliphatic rings. The standard InChI is InChI=1S/C10H17ClN4O/c1-5-16-10-14-8(11)13-9(15-10)12-7(4)6(2)3/h6-7H,5H2,1-4H3,(H,12,13,14,15). The number of anilines is 1. The molecule has 1 unspecified atom stereocenters.